The number of carbonyl (C=O) groups is 1. The number of ether oxygens (including phenoxy) is 3. The summed E-state index contributed by atoms with van der Waals surface area (Å²) in [5.74, 6) is 0. The molecule has 3 atom stereocenters. The number of hydrogen-bond donors (Lipinski definition) is 0. The van der Waals surface area contributed by atoms with E-state index in [0.29, 0.717) is 6.42 Å². The van der Waals surface area contributed by atoms with Gasteiger partial charge < -0.3 is 23.5 Å². The van der Waals surface area contributed by atoms with Crippen LogP contribution in [0.2, 0.25) is 0 Å². The van der Waals surface area contributed by atoms with Crippen LogP contribution in [0.5, 0.6) is 0 Å². The molecule has 0 amide bonds. The van der Waals surface area contributed by atoms with Crippen molar-refractivity contribution in [3.63, 3.8) is 0 Å². The molecule has 0 aliphatic carbocycles. The minimum atomic E-state index is -0.671. The van der Waals surface area contributed by atoms with Crippen molar-refractivity contribution in [1.29, 1.82) is 0 Å². The molecule has 23 heavy (non-hydrogen) atoms. The number of carbonyl (C=O) groups excluding carboxylic acids is 1. The molecule has 0 aromatic heterocycles. The van der Waals surface area contributed by atoms with Crippen LogP contribution in [0.3, 0.4) is 0 Å². The van der Waals surface area contributed by atoms with Crippen LogP contribution in [0.25, 0.3) is 0 Å². The lowest BCUT2D eigenvalue weighted by Gasteiger charge is -2.15. The summed E-state index contributed by atoms with van der Waals surface area (Å²) in [6.07, 6.45) is -0.221. The van der Waals surface area contributed by atoms with E-state index >= 15 is 0 Å². The van der Waals surface area contributed by atoms with Crippen LogP contribution in [-0.4, -0.2) is 45.8 Å². The second-order valence-electron chi connectivity index (χ2n) is 5.63. The monoisotopic (exact) mass is 322 g/mol. The van der Waals surface area contributed by atoms with E-state index in [4.69, 9.17) is 23.5 Å². The van der Waals surface area contributed by atoms with Gasteiger partial charge in [0.1, 0.15) is 12.7 Å². The zero-order valence-corrected chi connectivity index (χ0v) is 14.0. The SMILES string of the molecule is COB(OC)c1ccc(COC(=O)O[C@@H]2C[C@H](C)O[C@@H]2C)cc1. The highest BCUT2D eigenvalue weighted by molar-refractivity contribution is 6.61. The fourth-order valence-corrected chi connectivity index (χ4v) is 2.61. The van der Waals surface area contributed by atoms with Crippen LogP contribution >= 0.6 is 0 Å². The van der Waals surface area contributed by atoms with Crippen molar-refractivity contribution in [2.45, 2.75) is 45.2 Å². The lowest BCUT2D eigenvalue weighted by Crippen LogP contribution is -2.34. The minimum Gasteiger partial charge on any atom is -0.429 e. The van der Waals surface area contributed by atoms with Gasteiger partial charge in [0.05, 0.1) is 12.2 Å². The molecular weight excluding hydrogens is 299 g/mol. The highest BCUT2D eigenvalue weighted by Gasteiger charge is 2.33. The molecule has 1 aromatic carbocycles. The average molecular weight is 322 g/mol. The standard InChI is InChI=1S/C16H23BO6/c1-11-9-15(12(2)22-11)23-16(18)21-10-13-5-7-14(8-6-13)17(19-3)20-4/h5-8,11-12,15H,9-10H2,1-4H3/t11-,12+,15+/m0/s1. The van der Waals surface area contributed by atoms with E-state index < -0.39 is 13.3 Å². The van der Waals surface area contributed by atoms with E-state index in [2.05, 4.69) is 0 Å². The van der Waals surface area contributed by atoms with Gasteiger partial charge in [0, 0.05) is 20.6 Å². The maximum atomic E-state index is 11.8. The highest BCUT2D eigenvalue weighted by atomic mass is 16.7. The van der Waals surface area contributed by atoms with Crippen molar-refractivity contribution in [3.05, 3.63) is 29.8 Å². The Balaban J connectivity index is 1.80. The molecule has 0 spiro atoms. The van der Waals surface area contributed by atoms with Crippen LogP contribution in [0, 0.1) is 0 Å². The van der Waals surface area contributed by atoms with E-state index in [9.17, 15) is 4.79 Å². The second kappa shape index (κ2) is 8.33. The van der Waals surface area contributed by atoms with Crippen molar-refractivity contribution in [2.75, 3.05) is 14.2 Å². The third kappa shape index (κ3) is 4.96. The first-order valence-electron chi connectivity index (χ1n) is 7.66. The van der Waals surface area contributed by atoms with Crippen LogP contribution < -0.4 is 5.46 Å². The van der Waals surface area contributed by atoms with Crippen LogP contribution in [-0.2, 0) is 30.1 Å². The van der Waals surface area contributed by atoms with Crippen molar-refractivity contribution in [3.8, 4) is 0 Å². The lowest BCUT2D eigenvalue weighted by atomic mass is 9.79. The summed E-state index contributed by atoms with van der Waals surface area (Å²) in [4.78, 5) is 11.8. The van der Waals surface area contributed by atoms with Crippen molar-refractivity contribution in [1.82, 2.24) is 0 Å². The third-order valence-electron chi connectivity index (χ3n) is 3.82. The fourth-order valence-electron chi connectivity index (χ4n) is 2.61. The molecule has 1 aromatic rings. The topological polar surface area (TPSA) is 63.2 Å². The lowest BCUT2D eigenvalue weighted by molar-refractivity contribution is -0.0141. The highest BCUT2D eigenvalue weighted by Crippen LogP contribution is 2.23. The molecule has 0 radical (unpaired) electrons. The van der Waals surface area contributed by atoms with E-state index in [1.165, 1.54) is 0 Å². The summed E-state index contributed by atoms with van der Waals surface area (Å²) < 4.78 is 26.3. The van der Waals surface area contributed by atoms with E-state index in [0.717, 1.165) is 11.0 Å². The van der Waals surface area contributed by atoms with E-state index in [1.807, 2.05) is 38.1 Å². The Bertz CT molecular complexity index is 502. The molecule has 1 aliphatic heterocycles. The second-order valence-corrected chi connectivity index (χ2v) is 5.63. The van der Waals surface area contributed by atoms with Gasteiger partial charge in [-0.2, -0.15) is 0 Å². The largest absolute Gasteiger partial charge is 0.508 e. The van der Waals surface area contributed by atoms with Gasteiger partial charge in [-0.3, -0.25) is 0 Å². The normalized spacial score (nSPS) is 23.6. The molecule has 7 heteroatoms. The first-order chi connectivity index (χ1) is 11.0. The molecule has 6 nitrogen and oxygen atoms in total. The summed E-state index contributed by atoms with van der Waals surface area (Å²) in [6, 6.07) is 7.46. The Morgan fingerprint density at radius 2 is 1.87 bits per heavy atom. The molecule has 1 heterocycles. The summed E-state index contributed by atoms with van der Waals surface area (Å²) in [6.45, 7) is 4.00. The molecule has 2 rings (SSSR count). The van der Waals surface area contributed by atoms with Gasteiger partial charge in [-0.15, -0.1) is 0 Å². The molecule has 0 N–H and O–H groups in total. The van der Waals surface area contributed by atoms with E-state index in [-0.39, 0.29) is 24.9 Å². The van der Waals surface area contributed by atoms with Gasteiger partial charge in [0.15, 0.2) is 0 Å². The molecule has 1 saturated heterocycles. The summed E-state index contributed by atoms with van der Waals surface area (Å²) in [5, 5.41) is 0. The van der Waals surface area contributed by atoms with Crippen LogP contribution in [0.4, 0.5) is 4.79 Å². The molecule has 1 aliphatic rings. The van der Waals surface area contributed by atoms with Gasteiger partial charge in [-0.25, -0.2) is 4.79 Å². The van der Waals surface area contributed by atoms with Gasteiger partial charge in [0.2, 0.25) is 0 Å². The Labute approximate surface area is 137 Å². The van der Waals surface area contributed by atoms with Crippen LogP contribution in [0.1, 0.15) is 25.8 Å². The molecular formula is C16H23BO6. The first kappa shape index (κ1) is 17.8. The van der Waals surface area contributed by atoms with Gasteiger partial charge in [-0.1, -0.05) is 24.3 Å². The molecule has 0 saturated carbocycles. The summed E-state index contributed by atoms with van der Waals surface area (Å²) >= 11 is 0. The van der Waals surface area contributed by atoms with Crippen molar-refractivity contribution >= 4 is 18.7 Å². The Kier molecular flexibility index (Phi) is 6.44. The third-order valence-corrected chi connectivity index (χ3v) is 3.82. The fraction of sp³-hybridized carbons (Fsp3) is 0.562. The minimum absolute atomic E-state index is 0.100. The predicted molar refractivity (Wildman–Crippen MR) is 85.5 cm³/mol. The van der Waals surface area contributed by atoms with Crippen molar-refractivity contribution in [2.24, 2.45) is 0 Å². The Hall–Kier alpha value is -1.57. The number of rotatable bonds is 6. The smallest absolute Gasteiger partial charge is 0.429 e. The summed E-state index contributed by atoms with van der Waals surface area (Å²) in [5.41, 5.74) is 1.76. The average Bonchev–Trinajstić information content (AvgIpc) is 2.85. The van der Waals surface area contributed by atoms with E-state index in [1.54, 1.807) is 14.2 Å². The van der Waals surface area contributed by atoms with Crippen molar-refractivity contribution < 1.29 is 28.3 Å². The van der Waals surface area contributed by atoms with Crippen LogP contribution in [0.15, 0.2) is 24.3 Å². The molecule has 0 bridgehead atoms. The predicted octanol–water partition coefficient (Wildman–Crippen LogP) is 1.89. The Morgan fingerprint density at radius 1 is 1.22 bits per heavy atom. The first-order valence-corrected chi connectivity index (χ1v) is 7.66. The van der Waals surface area contributed by atoms with Gasteiger partial charge >= 0.3 is 13.3 Å². The van der Waals surface area contributed by atoms with Gasteiger partial charge in [0.25, 0.3) is 0 Å². The Morgan fingerprint density at radius 3 is 2.39 bits per heavy atom. The maximum absolute atomic E-state index is 11.8. The molecule has 126 valence electrons. The maximum Gasteiger partial charge on any atom is 0.508 e. The summed E-state index contributed by atoms with van der Waals surface area (Å²) in [7, 11) is 2.76. The zero-order valence-electron chi connectivity index (χ0n) is 14.0. The van der Waals surface area contributed by atoms with Gasteiger partial charge in [-0.05, 0) is 24.9 Å². The molecule has 0 unspecified atom stereocenters. The quantitative estimate of drug-likeness (QED) is 0.589. The number of hydrogen-bond acceptors (Lipinski definition) is 6. The zero-order chi connectivity index (χ0) is 16.8. The number of benzene rings is 1. The molecule has 1 fully saturated rings.